The van der Waals surface area contributed by atoms with Crippen LogP contribution in [0, 0.1) is 11.3 Å². The van der Waals surface area contributed by atoms with E-state index in [0.717, 1.165) is 75.8 Å². The minimum absolute atomic E-state index is 0.0823. The van der Waals surface area contributed by atoms with Crippen molar-refractivity contribution in [3.63, 3.8) is 0 Å². The van der Waals surface area contributed by atoms with Crippen LogP contribution >= 0.6 is 0 Å². The summed E-state index contributed by atoms with van der Waals surface area (Å²) in [7, 11) is 0. The fourth-order valence-corrected chi connectivity index (χ4v) is 6.55. The fourth-order valence-electron chi connectivity index (χ4n) is 6.55. The molecule has 0 radical (unpaired) electrons. The van der Waals surface area contributed by atoms with Gasteiger partial charge in [-0.2, -0.15) is 0 Å². The minimum Gasteiger partial charge on any atom is -0.389 e. The van der Waals surface area contributed by atoms with Crippen molar-refractivity contribution in [2.45, 2.75) is 51.2 Å². The van der Waals surface area contributed by atoms with Gasteiger partial charge >= 0.3 is 0 Å². The molecule has 3 atom stereocenters. The van der Waals surface area contributed by atoms with Crippen molar-refractivity contribution < 1.29 is 19.4 Å². The number of aliphatic hydroxyl groups is 1. The Morgan fingerprint density at radius 2 is 1.92 bits per heavy atom. The number of carbonyl (C=O) groups excluding carboxylic acids is 1. The molecule has 3 aliphatic heterocycles. The van der Waals surface area contributed by atoms with E-state index in [4.69, 9.17) is 9.47 Å². The minimum atomic E-state index is -0.436. The summed E-state index contributed by atoms with van der Waals surface area (Å²) in [6.45, 7) is 10.4. The molecule has 1 aliphatic carbocycles. The van der Waals surface area contributed by atoms with E-state index in [1.54, 1.807) is 0 Å². The predicted octanol–water partition coefficient (Wildman–Crippen LogP) is 2.82. The molecule has 194 valence electrons. The lowest BCUT2D eigenvalue weighted by molar-refractivity contribution is -0.118. The number of anilines is 2. The lowest BCUT2D eigenvalue weighted by Crippen LogP contribution is -2.60. The van der Waals surface area contributed by atoms with E-state index in [9.17, 15) is 9.90 Å². The summed E-state index contributed by atoms with van der Waals surface area (Å²) in [4.78, 5) is 22.4. The monoisotopic (exact) mass is 494 g/mol. The summed E-state index contributed by atoms with van der Waals surface area (Å²) in [6, 6.07) is 6.51. The molecular formula is C28H38N4O4. The third-order valence-electron chi connectivity index (χ3n) is 9.28. The number of nitrogens with one attached hydrogen (secondary N) is 1. The molecule has 2 aromatic rings. The van der Waals surface area contributed by atoms with Gasteiger partial charge in [-0.3, -0.25) is 9.69 Å². The molecule has 0 bridgehead atoms. The highest BCUT2D eigenvalue weighted by molar-refractivity contribution is 5.97. The fraction of sp³-hybridized carbons (Fsp3) is 0.643. The topological polar surface area (TPSA) is 87.2 Å². The maximum absolute atomic E-state index is 13.0. The van der Waals surface area contributed by atoms with Crippen molar-refractivity contribution in [3.8, 4) is 0 Å². The molecule has 4 aliphatic rings. The number of pyridine rings is 1. The Morgan fingerprint density at radius 1 is 1.14 bits per heavy atom. The van der Waals surface area contributed by atoms with Crippen molar-refractivity contribution in [3.05, 3.63) is 30.0 Å². The summed E-state index contributed by atoms with van der Waals surface area (Å²) in [6.07, 6.45) is 5.32. The van der Waals surface area contributed by atoms with Crippen molar-refractivity contribution in [1.29, 1.82) is 0 Å². The van der Waals surface area contributed by atoms with Crippen LogP contribution in [0.4, 0.5) is 11.5 Å². The predicted molar refractivity (Wildman–Crippen MR) is 139 cm³/mol. The second-order valence-electron chi connectivity index (χ2n) is 11.3. The summed E-state index contributed by atoms with van der Waals surface area (Å²) >= 11 is 0. The van der Waals surface area contributed by atoms with E-state index in [0.29, 0.717) is 19.0 Å². The maximum atomic E-state index is 13.0. The Balaban J connectivity index is 1.18. The Kier molecular flexibility index (Phi) is 6.19. The van der Waals surface area contributed by atoms with Crippen LogP contribution in [0.25, 0.3) is 10.8 Å². The van der Waals surface area contributed by atoms with Crippen molar-refractivity contribution in [1.82, 2.24) is 9.88 Å². The highest BCUT2D eigenvalue weighted by Gasteiger charge is 2.58. The van der Waals surface area contributed by atoms with Crippen LogP contribution in [0.1, 0.15) is 38.7 Å². The average Bonchev–Trinajstić information content (AvgIpc) is 3.48. The van der Waals surface area contributed by atoms with Gasteiger partial charge in [-0.1, -0.05) is 6.92 Å². The number of carbonyl (C=O) groups is 1. The summed E-state index contributed by atoms with van der Waals surface area (Å²) in [5.74, 6) is 0.806. The number of ether oxygens (including phenoxy) is 2. The first-order valence-corrected chi connectivity index (χ1v) is 13.5. The van der Waals surface area contributed by atoms with Gasteiger partial charge in [-0.05, 0) is 67.2 Å². The molecule has 8 nitrogen and oxygen atoms in total. The normalized spacial score (nSPS) is 30.1. The number of aryl methyl sites for hydroxylation is 1. The van der Waals surface area contributed by atoms with Crippen LogP contribution in [0.15, 0.2) is 24.4 Å². The SMILES string of the molecule is CCc1cc2cnc(NC(=O)C3CC34CCOCC4)cc2cc1N1CCN([C@]2(C)COC[C@@H]2O)CC1. The number of piperazine rings is 1. The van der Waals surface area contributed by atoms with Gasteiger partial charge in [0, 0.05) is 62.6 Å². The quantitative estimate of drug-likeness (QED) is 0.661. The number of nitrogens with zero attached hydrogens (tertiary/aromatic N) is 3. The molecule has 1 amide bonds. The van der Waals surface area contributed by atoms with Crippen molar-refractivity contribution >= 4 is 28.2 Å². The third-order valence-corrected chi connectivity index (χ3v) is 9.28. The number of hydrogen-bond donors (Lipinski definition) is 2. The van der Waals surface area contributed by atoms with E-state index in [-0.39, 0.29) is 22.8 Å². The second kappa shape index (κ2) is 9.24. The van der Waals surface area contributed by atoms with Crippen LogP contribution in [0.5, 0.6) is 0 Å². The summed E-state index contributed by atoms with van der Waals surface area (Å²) in [5, 5.41) is 15.7. The molecule has 2 N–H and O–H groups in total. The molecule has 8 heteroatoms. The van der Waals surface area contributed by atoms with E-state index >= 15 is 0 Å². The van der Waals surface area contributed by atoms with Crippen LogP contribution in [-0.2, 0) is 20.7 Å². The Bertz CT molecular complexity index is 1140. The lowest BCUT2D eigenvalue weighted by atomic mass is 9.93. The first-order chi connectivity index (χ1) is 17.4. The maximum Gasteiger partial charge on any atom is 0.229 e. The van der Waals surface area contributed by atoms with Gasteiger partial charge in [0.2, 0.25) is 5.91 Å². The number of amides is 1. The Morgan fingerprint density at radius 3 is 2.61 bits per heavy atom. The van der Waals surface area contributed by atoms with E-state index < -0.39 is 6.10 Å². The van der Waals surface area contributed by atoms with Gasteiger partial charge in [-0.15, -0.1) is 0 Å². The highest BCUT2D eigenvalue weighted by Crippen LogP contribution is 2.59. The zero-order valence-electron chi connectivity index (χ0n) is 21.5. The van der Waals surface area contributed by atoms with Gasteiger partial charge in [0.05, 0.1) is 24.9 Å². The van der Waals surface area contributed by atoms with Crippen LogP contribution in [0.3, 0.4) is 0 Å². The molecule has 1 saturated carbocycles. The number of hydrogen-bond acceptors (Lipinski definition) is 7. The van der Waals surface area contributed by atoms with Crippen molar-refractivity contribution in [2.75, 3.05) is 62.8 Å². The Hall–Kier alpha value is -2.26. The van der Waals surface area contributed by atoms with Gasteiger partial charge in [-0.25, -0.2) is 4.98 Å². The molecule has 1 aromatic carbocycles. The molecule has 1 unspecified atom stereocenters. The molecular weight excluding hydrogens is 456 g/mol. The molecule has 6 rings (SSSR count). The molecule has 4 heterocycles. The largest absolute Gasteiger partial charge is 0.389 e. The van der Waals surface area contributed by atoms with Gasteiger partial charge in [0.1, 0.15) is 5.82 Å². The average molecular weight is 495 g/mol. The van der Waals surface area contributed by atoms with Gasteiger partial charge < -0.3 is 24.8 Å². The molecule has 36 heavy (non-hydrogen) atoms. The van der Waals surface area contributed by atoms with E-state index in [1.165, 1.54) is 11.3 Å². The number of aliphatic hydroxyl groups excluding tert-OH is 1. The smallest absolute Gasteiger partial charge is 0.229 e. The van der Waals surface area contributed by atoms with Crippen molar-refractivity contribution in [2.24, 2.45) is 11.3 Å². The summed E-state index contributed by atoms with van der Waals surface area (Å²) < 4.78 is 11.1. The lowest BCUT2D eigenvalue weighted by Gasteiger charge is -2.45. The third kappa shape index (κ3) is 4.18. The second-order valence-corrected chi connectivity index (χ2v) is 11.3. The number of fused-ring (bicyclic) bond motifs is 1. The standard InChI is InChI=1S/C28H38N4O4/c1-3-19-12-21-16-29-25(30-26(34)22-15-28(22)4-10-35-11-5-28)14-20(21)13-23(19)31-6-8-32(9-7-31)27(2)18-36-17-24(27)33/h12-14,16,22,24,33H,3-11,15,17-18H2,1-2H3,(H,29,30,34)/t22?,24-,27+/m0/s1. The highest BCUT2D eigenvalue weighted by atomic mass is 16.5. The zero-order chi connectivity index (χ0) is 24.9. The number of benzene rings is 1. The van der Waals surface area contributed by atoms with Gasteiger partial charge in [0.15, 0.2) is 0 Å². The first kappa shape index (κ1) is 24.1. The number of aromatic nitrogens is 1. The van der Waals surface area contributed by atoms with Crippen LogP contribution in [-0.4, -0.2) is 85.1 Å². The zero-order valence-corrected chi connectivity index (χ0v) is 21.5. The first-order valence-electron chi connectivity index (χ1n) is 13.5. The van der Waals surface area contributed by atoms with Crippen LogP contribution < -0.4 is 10.2 Å². The number of rotatable bonds is 5. The van der Waals surface area contributed by atoms with Gasteiger partial charge in [0.25, 0.3) is 0 Å². The molecule has 1 aromatic heterocycles. The molecule has 3 saturated heterocycles. The van der Waals surface area contributed by atoms with Crippen LogP contribution in [0.2, 0.25) is 0 Å². The van der Waals surface area contributed by atoms with E-state index in [1.807, 2.05) is 12.3 Å². The molecule has 4 fully saturated rings. The van der Waals surface area contributed by atoms with E-state index in [2.05, 4.69) is 46.1 Å². The summed E-state index contributed by atoms with van der Waals surface area (Å²) in [5.41, 5.74) is 2.42. The Labute approximate surface area is 212 Å². The molecule has 1 spiro atoms.